The molecule has 0 radical (unpaired) electrons. The van der Waals surface area contributed by atoms with E-state index in [0.717, 1.165) is 19.3 Å². The fourth-order valence-electron chi connectivity index (χ4n) is 1.91. The van der Waals surface area contributed by atoms with Gasteiger partial charge in [-0.3, -0.25) is 5.41 Å². The number of nitrogens with one attached hydrogen (secondary N) is 1. The number of hydrogen-bond acceptors (Lipinski definition) is 3. The minimum absolute atomic E-state index is 0.135. The van der Waals surface area contributed by atoms with Gasteiger partial charge in [-0.15, -0.1) is 0 Å². The van der Waals surface area contributed by atoms with Crippen LogP contribution in [0.5, 0.6) is 0 Å². The molecule has 1 saturated heterocycles. The lowest BCUT2D eigenvalue weighted by Crippen LogP contribution is -2.27. The predicted molar refractivity (Wildman–Crippen MR) is 47.3 cm³/mol. The van der Waals surface area contributed by atoms with Gasteiger partial charge in [0.15, 0.2) is 5.90 Å². The highest BCUT2D eigenvalue weighted by Crippen LogP contribution is 2.38. The highest BCUT2D eigenvalue weighted by molar-refractivity contribution is 5.81. The fraction of sp³-hybridized carbons (Fsp3) is 0.889. The molecule has 3 nitrogen and oxygen atoms in total. The molecule has 0 aromatic carbocycles. The molecule has 1 rings (SSSR count). The maximum Gasteiger partial charge on any atom is 0.186 e. The molecule has 0 aromatic rings. The lowest BCUT2D eigenvalue weighted by molar-refractivity contribution is 0.222. The molecule has 0 aromatic heterocycles. The van der Waals surface area contributed by atoms with Crippen molar-refractivity contribution in [3.05, 3.63) is 0 Å². The summed E-state index contributed by atoms with van der Waals surface area (Å²) in [6, 6.07) is 0. The van der Waals surface area contributed by atoms with Crippen LogP contribution in [0.2, 0.25) is 0 Å². The molecule has 1 fully saturated rings. The molecule has 0 saturated carbocycles. The Kier molecular flexibility index (Phi) is 3.09. The van der Waals surface area contributed by atoms with Gasteiger partial charge in [0.2, 0.25) is 0 Å². The first-order valence-electron chi connectivity index (χ1n) is 4.58. The lowest BCUT2D eigenvalue weighted by Gasteiger charge is -2.24. The Bertz CT molecular complexity index is 162. The summed E-state index contributed by atoms with van der Waals surface area (Å²) < 4.78 is 5.15. The lowest BCUT2D eigenvalue weighted by atomic mass is 9.79. The van der Waals surface area contributed by atoms with Crippen LogP contribution in [0.15, 0.2) is 0 Å². The Morgan fingerprint density at radius 2 is 2.33 bits per heavy atom. The molecule has 3 heteroatoms. The van der Waals surface area contributed by atoms with Crippen molar-refractivity contribution in [3.8, 4) is 0 Å². The molecule has 0 aliphatic carbocycles. The Morgan fingerprint density at radius 3 is 2.75 bits per heavy atom. The van der Waals surface area contributed by atoms with Crippen molar-refractivity contribution in [1.29, 1.82) is 5.41 Å². The van der Waals surface area contributed by atoms with Crippen LogP contribution in [0, 0.1) is 10.8 Å². The minimum Gasteiger partial charge on any atom is -0.481 e. The molecule has 1 aliphatic heterocycles. The maximum atomic E-state index is 8.88. The summed E-state index contributed by atoms with van der Waals surface area (Å²) in [5.41, 5.74) is -0.135. The Labute approximate surface area is 73.2 Å². The van der Waals surface area contributed by atoms with Crippen LogP contribution in [0.25, 0.3) is 0 Å². The topological polar surface area (TPSA) is 53.3 Å². The van der Waals surface area contributed by atoms with Crippen LogP contribution >= 0.6 is 0 Å². The second-order valence-corrected chi connectivity index (χ2v) is 3.43. The van der Waals surface area contributed by atoms with Crippen molar-refractivity contribution >= 4 is 5.90 Å². The van der Waals surface area contributed by atoms with Crippen LogP contribution < -0.4 is 0 Å². The van der Waals surface area contributed by atoms with Gasteiger partial charge in [-0.25, -0.2) is 0 Å². The van der Waals surface area contributed by atoms with E-state index < -0.39 is 0 Å². The zero-order valence-electron chi connectivity index (χ0n) is 7.60. The third-order valence-corrected chi connectivity index (χ3v) is 2.63. The van der Waals surface area contributed by atoms with Crippen molar-refractivity contribution in [3.63, 3.8) is 0 Å². The number of rotatable bonds is 4. The summed E-state index contributed by atoms with van der Waals surface area (Å²) in [4.78, 5) is 0. The SMILES string of the molecule is CCCC1(CCO)CCOC1=N. The predicted octanol–water partition coefficient (Wildman–Crippen LogP) is 1.55. The highest BCUT2D eigenvalue weighted by atomic mass is 16.5. The first kappa shape index (κ1) is 9.52. The van der Waals surface area contributed by atoms with Crippen molar-refractivity contribution in [2.24, 2.45) is 5.41 Å². The number of aliphatic hydroxyl groups is 1. The molecule has 70 valence electrons. The van der Waals surface area contributed by atoms with E-state index in [2.05, 4.69) is 6.92 Å². The monoisotopic (exact) mass is 171 g/mol. The van der Waals surface area contributed by atoms with Gasteiger partial charge in [0.25, 0.3) is 0 Å². The second kappa shape index (κ2) is 3.90. The summed E-state index contributed by atoms with van der Waals surface area (Å²) in [5, 5.41) is 16.5. The van der Waals surface area contributed by atoms with Gasteiger partial charge in [-0.2, -0.15) is 0 Å². The smallest absolute Gasteiger partial charge is 0.186 e. The van der Waals surface area contributed by atoms with Gasteiger partial charge < -0.3 is 9.84 Å². The summed E-state index contributed by atoms with van der Waals surface area (Å²) in [7, 11) is 0. The summed E-state index contributed by atoms with van der Waals surface area (Å²) in [5.74, 6) is 0.387. The van der Waals surface area contributed by atoms with Crippen LogP contribution in [-0.4, -0.2) is 24.2 Å². The van der Waals surface area contributed by atoms with E-state index in [-0.39, 0.29) is 12.0 Å². The summed E-state index contributed by atoms with van der Waals surface area (Å²) in [6.45, 7) is 2.91. The molecule has 0 bridgehead atoms. The van der Waals surface area contributed by atoms with Crippen molar-refractivity contribution in [1.82, 2.24) is 0 Å². The van der Waals surface area contributed by atoms with E-state index in [0.29, 0.717) is 18.9 Å². The molecular formula is C9H17NO2. The first-order valence-corrected chi connectivity index (χ1v) is 4.58. The Morgan fingerprint density at radius 1 is 1.58 bits per heavy atom. The number of aliphatic hydroxyl groups excluding tert-OH is 1. The molecule has 12 heavy (non-hydrogen) atoms. The largest absolute Gasteiger partial charge is 0.481 e. The summed E-state index contributed by atoms with van der Waals surface area (Å²) >= 11 is 0. The van der Waals surface area contributed by atoms with E-state index in [1.165, 1.54) is 0 Å². The van der Waals surface area contributed by atoms with Crippen molar-refractivity contribution in [2.45, 2.75) is 32.6 Å². The van der Waals surface area contributed by atoms with E-state index in [1.54, 1.807) is 0 Å². The normalized spacial score (nSPS) is 29.0. The van der Waals surface area contributed by atoms with E-state index in [1.807, 2.05) is 0 Å². The number of ether oxygens (including phenoxy) is 1. The average molecular weight is 171 g/mol. The molecule has 1 aliphatic rings. The van der Waals surface area contributed by atoms with Gasteiger partial charge in [0.1, 0.15) is 0 Å². The van der Waals surface area contributed by atoms with E-state index in [4.69, 9.17) is 15.3 Å². The Balaban J connectivity index is 2.63. The third-order valence-electron chi connectivity index (χ3n) is 2.63. The highest BCUT2D eigenvalue weighted by Gasteiger charge is 2.39. The van der Waals surface area contributed by atoms with Crippen molar-refractivity contribution in [2.75, 3.05) is 13.2 Å². The molecule has 1 unspecified atom stereocenters. The van der Waals surface area contributed by atoms with E-state index >= 15 is 0 Å². The quantitative estimate of drug-likeness (QED) is 0.674. The fourth-order valence-corrected chi connectivity index (χ4v) is 1.91. The zero-order valence-corrected chi connectivity index (χ0v) is 7.60. The van der Waals surface area contributed by atoms with Crippen molar-refractivity contribution < 1.29 is 9.84 Å². The van der Waals surface area contributed by atoms with Crippen LogP contribution in [0.3, 0.4) is 0 Å². The Hall–Kier alpha value is -0.570. The molecule has 0 amide bonds. The van der Waals surface area contributed by atoms with Crippen LogP contribution in [0.1, 0.15) is 32.6 Å². The van der Waals surface area contributed by atoms with Gasteiger partial charge in [0, 0.05) is 6.61 Å². The molecule has 1 atom stereocenters. The number of hydrogen-bond donors (Lipinski definition) is 2. The minimum atomic E-state index is -0.135. The summed E-state index contributed by atoms with van der Waals surface area (Å²) in [6.07, 6.45) is 3.60. The molecule has 0 spiro atoms. The van der Waals surface area contributed by atoms with Crippen LogP contribution in [0.4, 0.5) is 0 Å². The van der Waals surface area contributed by atoms with E-state index in [9.17, 15) is 0 Å². The molecule has 2 N–H and O–H groups in total. The van der Waals surface area contributed by atoms with Crippen LogP contribution in [-0.2, 0) is 4.74 Å². The standard InChI is InChI=1S/C9H17NO2/c1-2-3-9(4-6-11)5-7-12-8(9)10/h10-11H,2-7H2,1H3. The van der Waals surface area contributed by atoms with Gasteiger partial charge in [-0.1, -0.05) is 13.3 Å². The molecular weight excluding hydrogens is 154 g/mol. The average Bonchev–Trinajstić information content (AvgIpc) is 2.35. The third kappa shape index (κ3) is 1.61. The van der Waals surface area contributed by atoms with Gasteiger partial charge in [0.05, 0.1) is 12.0 Å². The first-order chi connectivity index (χ1) is 5.75. The maximum absolute atomic E-state index is 8.88. The molecule has 1 heterocycles. The van der Waals surface area contributed by atoms with Gasteiger partial charge >= 0.3 is 0 Å². The second-order valence-electron chi connectivity index (χ2n) is 3.43. The zero-order chi connectivity index (χ0) is 9.03. The van der Waals surface area contributed by atoms with Gasteiger partial charge in [-0.05, 0) is 19.3 Å².